The van der Waals surface area contributed by atoms with E-state index >= 15 is 0 Å². The second kappa shape index (κ2) is 11.4. The molecular formula is C17H32N2O5. The highest BCUT2D eigenvalue weighted by molar-refractivity contribution is 6.01. The number of hydrogen-bond acceptors (Lipinski definition) is 5. The van der Waals surface area contributed by atoms with Gasteiger partial charge in [0.05, 0.1) is 12.7 Å². The summed E-state index contributed by atoms with van der Waals surface area (Å²) in [5, 5.41) is 14.9. The summed E-state index contributed by atoms with van der Waals surface area (Å²) >= 11 is 0. The van der Waals surface area contributed by atoms with Crippen molar-refractivity contribution in [2.45, 2.75) is 64.1 Å². The highest BCUT2D eigenvalue weighted by Gasteiger charge is 2.29. The maximum Gasteiger partial charge on any atom is 0.330 e. The number of carbonyl (C=O) groups is 2. The molecule has 0 aliphatic carbocycles. The van der Waals surface area contributed by atoms with Gasteiger partial charge in [-0.15, -0.1) is 0 Å². The Morgan fingerprint density at radius 3 is 2.71 bits per heavy atom. The molecule has 1 aliphatic rings. The zero-order valence-corrected chi connectivity index (χ0v) is 15.0. The molecule has 1 amide bonds. The Morgan fingerprint density at radius 2 is 2.17 bits per heavy atom. The molecule has 0 aromatic rings. The van der Waals surface area contributed by atoms with Gasteiger partial charge >= 0.3 is 5.97 Å². The smallest absolute Gasteiger partial charge is 0.330 e. The third kappa shape index (κ3) is 7.15. The Kier molecular flexibility index (Phi) is 9.90. The molecule has 7 nitrogen and oxygen atoms in total. The van der Waals surface area contributed by atoms with E-state index in [9.17, 15) is 14.7 Å². The summed E-state index contributed by atoms with van der Waals surface area (Å²) < 4.78 is 10.8. The Hall–Kier alpha value is -1.18. The average molecular weight is 344 g/mol. The van der Waals surface area contributed by atoms with Gasteiger partial charge in [-0.2, -0.15) is 0 Å². The fourth-order valence-corrected chi connectivity index (χ4v) is 2.88. The van der Waals surface area contributed by atoms with Gasteiger partial charge in [-0.25, -0.2) is 4.79 Å². The van der Waals surface area contributed by atoms with Crippen LogP contribution in [0.3, 0.4) is 0 Å². The molecule has 1 rings (SSSR count). The molecule has 140 valence electrons. The summed E-state index contributed by atoms with van der Waals surface area (Å²) in [5.41, 5.74) is 0. The largest absolute Gasteiger partial charge is 0.480 e. The van der Waals surface area contributed by atoms with Crippen LogP contribution in [0.15, 0.2) is 0 Å². The van der Waals surface area contributed by atoms with Gasteiger partial charge in [0.25, 0.3) is 0 Å². The quantitative estimate of drug-likeness (QED) is 0.384. The Bertz CT molecular complexity index is 385. The van der Waals surface area contributed by atoms with Crippen molar-refractivity contribution in [3.8, 4) is 0 Å². The fourth-order valence-electron chi connectivity index (χ4n) is 2.88. The Morgan fingerprint density at radius 1 is 1.42 bits per heavy atom. The van der Waals surface area contributed by atoms with Crippen molar-refractivity contribution >= 4 is 11.9 Å². The molecule has 24 heavy (non-hydrogen) atoms. The molecule has 1 fully saturated rings. The molecule has 3 N–H and O–H groups in total. The molecular weight excluding hydrogens is 312 g/mol. The first-order valence-electron chi connectivity index (χ1n) is 8.86. The summed E-state index contributed by atoms with van der Waals surface area (Å²) in [5.74, 6) is -1.19. The lowest BCUT2D eigenvalue weighted by Gasteiger charge is -2.26. The second-order valence-corrected chi connectivity index (χ2v) is 6.44. The number of carbonyl (C=O) groups excluding carboxylic acids is 1. The number of rotatable bonds is 11. The van der Waals surface area contributed by atoms with E-state index in [1.54, 1.807) is 7.11 Å². The van der Waals surface area contributed by atoms with Crippen LogP contribution < -0.4 is 10.6 Å². The molecule has 0 bridgehead atoms. The van der Waals surface area contributed by atoms with Crippen molar-refractivity contribution in [2.24, 2.45) is 5.92 Å². The van der Waals surface area contributed by atoms with Gasteiger partial charge in [-0.3, -0.25) is 10.1 Å². The minimum atomic E-state index is -1.23. The van der Waals surface area contributed by atoms with Crippen molar-refractivity contribution in [1.29, 1.82) is 0 Å². The molecule has 1 saturated heterocycles. The molecule has 0 unspecified atom stereocenters. The van der Waals surface area contributed by atoms with Gasteiger partial charge in [0.2, 0.25) is 5.91 Å². The number of aliphatic carboxylic acids is 1. The first-order valence-corrected chi connectivity index (χ1v) is 8.86. The summed E-state index contributed by atoms with van der Waals surface area (Å²) in [6.45, 7) is 5.85. The third-order valence-corrected chi connectivity index (χ3v) is 4.62. The molecule has 7 heteroatoms. The minimum Gasteiger partial charge on any atom is -0.480 e. The van der Waals surface area contributed by atoms with E-state index in [-0.39, 0.29) is 12.1 Å². The maximum absolute atomic E-state index is 12.1. The van der Waals surface area contributed by atoms with Crippen molar-refractivity contribution in [1.82, 2.24) is 10.6 Å². The van der Waals surface area contributed by atoms with Crippen molar-refractivity contribution in [2.75, 3.05) is 26.9 Å². The highest BCUT2D eigenvalue weighted by atomic mass is 16.5. The molecule has 0 saturated carbocycles. The van der Waals surface area contributed by atoms with E-state index in [4.69, 9.17) is 9.47 Å². The molecule has 0 spiro atoms. The molecule has 1 aliphatic heterocycles. The van der Waals surface area contributed by atoms with Gasteiger partial charge in [0.15, 0.2) is 6.04 Å². The van der Waals surface area contributed by atoms with Crippen LogP contribution in [0.25, 0.3) is 0 Å². The predicted octanol–water partition coefficient (Wildman–Crippen LogP) is 1.17. The molecule has 0 radical (unpaired) electrons. The van der Waals surface area contributed by atoms with Crippen LogP contribution in [-0.2, 0) is 19.1 Å². The van der Waals surface area contributed by atoms with Gasteiger partial charge in [-0.1, -0.05) is 20.3 Å². The van der Waals surface area contributed by atoms with E-state index in [1.807, 2.05) is 0 Å². The monoisotopic (exact) mass is 344 g/mol. The van der Waals surface area contributed by atoms with Crippen LogP contribution in [0.5, 0.6) is 0 Å². The average Bonchev–Trinajstić information content (AvgIpc) is 2.59. The van der Waals surface area contributed by atoms with Gasteiger partial charge in [0.1, 0.15) is 0 Å². The van der Waals surface area contributed by atoms with Crippen molar-refractivity contribution < 1.29 is 24.2 Å². The Balaban J connectivity index is 2.35. The van der Waals surface area contributed by atoms with Crippen LogP contribution in [0.1, 0.15) is 46.0 Å². The fraction of sp³-hybridized carbons (Fsp3) is 0.882. The molecule has 0 aromatic carbocycles. The van der Waals surface area contributed by atoms with E-state index in [1.165, 1.54) is 0 Å². The van der Waals surface area contributed by atoms with Crippen LogP contribution in [0, 0.1) is 5.92 Å². The van der Waals surface area contributed by atoms with E-state index < -0.39 is 17.9 Å². The van der Waals surface area contributed by atoms with Crippen molar-refractivity contribution in [3.05, 3.63) is 0 Å². The van der Waals surface area contributed by atoms with Gasteiger partial charge < -0.3 is 19.9 Å². The zero-order valence-electron chi connectivity index (χ0n) is 15.0. The predicted molar refractivity (Wildman–Crippen MR) is 90.9 cm³/mol. The van der Waals surface area contributed by atoms with E-state index in [0.29, 0.717) is 25.7 Å². The SMILES string of the molecule is CC[C@H](C)[C@H](CCCNC(=O)[C@H](N[C@@H]1CCCOC1)C(=O)O)OC. The van der Waals surface area contributed by atoms with E-state index in [2.05, 4.69) is 24.5 Å². The topological polar surface area (TPSA) is 96.9 Å². The number of methoxy groups -OCH3 is 1. The standard InChI is InChI=1S/C17H32N2O5/c1-4-12(2)14(23-3)8-5-9-18-16(20)15(17(21)22)19-13-7-6-10-24-11-13/h12-15,19H,4-11H2,1-3H3,(H,18,20)(H,21,22)/t12-,13+,14-,15-/m0/s1. The van der Waals surface area contributed by atoms with Crippen LogP contribution in [0.4, 0.5) is 0 Å². The van der Waals surface area contributed by atoms with Gasteiger partial charge in [0, 0.05) is 26.3 Å². The minimum absolute atomic E-state index is 0.0890. The number of carboxylic acids is 1. The van der Waals surface area contributed by atoms with Crippen LogP contribution in [-0.4, -0.2) is 62.0 Å². The molecule has 0 aromatic heterocycles. The highest BCUT2D eigenvalue weighted by Crippen LogP contribution is 2.15. The first-order chi connectivity index (χ1) is 11.5. The number of nitrogens with one attached hydrogen (secondary N) is 2. The molecule has 4 atom stereocenters. The maximum atomic E-state index is 12.1. The number of hydrogen-bond donors (Lipinski definition) is 3. The lowest BCUT2D eigenvalue weighted by atomic mass is 9.98. The first kappa shape index (κ1) is 20.9. The number of amides is 1. The summed E-state index contributed by atoms with van der Waals surface area (Å²) in [7, 11) is 1.70. The zero-order chi connectivity index (χ0) is 17.9. The second-order valence-electron chi connectivity index (χ2n) is 6.44. The normalized spacial score (nSPS) is 21.7. The van der Waals surface area contributed by atoms with E-state index in [0.717, 1.165) is 32.1 Å². The van der Waals surface area contributed by atoms with Gasteiger partial charge in [-0.05, 0) is 31.6 Å². The van der Waals surface area contributed by atoms with Crippen LogP contribution in [0.2, 0.25) is 0 Å². The van der Waals surface area contributed by atoms with Crippen molar-refractivity contribution in [3.63, 3.8) is 0 Å². The Labute approximate surface area is 144 Å². The lowest BCUT2D eigenvalue weighted by Crippen LogP contribution is -2.54. The summed E-state index contributed by atoms with van der Waals surface area (Å²) in [6, 6.07) is -1.32. The lowest BCUT2D eigenvalue weighted by molar-refractivity contribution is -0.144. The number of ether oxygens (including phenoxy) is 2. The molecule has 1 heterocycles. The number of carboxylic acid groups (broad SMARTS) is 1. The summed E-state index contributed by atoms with van der Waals surface area (Å²) in [4.78, 5) is 23.5. The third-order valence-electron chi connectivity index (χ3n) is 4.62. The summed E-state index contributed by atoms with van der Waals surface area (Å²) in [6.07, 6.45) is 4.50. The van der Waals surface area contributed by atoms with Crippen LogP contribution >= 0.6 is 0 Å².